The summed E-state index contributed by atoms with van der Waals surface area (Å²) in [7, 11) is 1.68. The van der Waals surface area contributed by atoms with Crippen LogP contribution in [0.15, 0.2) is 42.5 Å². The number of nitrogens with one attached hydrogen (secondary N) is 2. The number of anilines is 3. The monoisotopic (exact) mass is 261 g/mol. The molecule has 19 heavy (non-hydrogen) atoms. The van der Waals surface area contributed by atoms with Gasteiger partial charge in [-0.3, -0.25) is 10.1 Å². The first kappa shape index (κ1) is 12.8. The maximum Gasteiger partial charge on any atom is 0.273 e. The van der Waals surface area contributed by atoms with Crippen molar-refractivity contribution in [3.05, 3.63) is 58.4 Å². The van der Waals surface area contributed by atoms with Crippen molar-refractivity contribution in [3.63, 3.8) is 0 Å². The van der Waals surface area contributed by atoms with Gasteiger partial charge in [0.25, 0.3) is 5.69 Å². The van der Waals surface area contributed by atoms with Crippen LogP contribution in [0.5, 0.6) is 0 Å². The van der Waals surface area contributed by atoms with Crippen LogP contribution in [-0.2, 0) is 0 Å². The van der Waals surface area contributed by atoms with E-state index in [-0.39, 0.29) is 11.5 Å². The Hall–Kier alpha value is -2.63. The van der Waals surface area contributed by atoms with Gasteiger partial charge in [-0.15, -0.1) is 0 Å². The topological polar surface area (TPSA) is 67.2 Å². The summed E-state index contributed by atoms with van der Waals surface area (Å²) in [5, 5.41) is 16.7. The molecule has 5 nitrogen and oxygen atoms in total. The quantitative estimate of drug-likeness (QED) is 0.652. The fourth-order valence-electron chi connectivity index (χ4n) is 1.63. The summed E-state index contributed by atoms with van der Waals surface area (Å²) in [5.74, 6) is -0.333. The second-order valence-electron chi connectivity index (χ2n) is 3.91. The molecule has 0 spiro atoms. The Morgan fingerprint density at radius 2 is 1.68 bits per heavy atom. The molecule has 2 rings (SSSR count). The average molecular weight is 261 g/mol. The van der Waals surface area contributed by atoms with E-state index in [4.69, 9.17) is 0 Å². The number of hydrogen-bond acceptors (Lipinski definition) is 4. The third kappa shape index (κ3) is 3.19. The molecular formula is C13H12FN3O2. The van der Waals surface area contributed by atoms with Crippen LogP contribution >= 0.6 is 0 Å². The first-order valence-electron chi connectivity index (χ1n) is 5.58. The third-order valence-corrected chi connectivity index (χ3v) is 2.55. The Labute approximate surface area is 109 Å². The van der Waals surface area contributed by atoms with Crippen molar-refractivity contribution >= 4 is 22.7 Å². The van der Waals surface area contributed by atoms with Gasteiger partial charge in [0.1, 0.15) is 5.82 Å². The molecule has 6 heteroatoms. The van der Waals surface area contributed by atoms with E-state index in [1.807, 2.05) is 0 Å². The standard InChI is InChI=1S/C13H12FN3O2/c1-15-11-6-12(8-13(7-11)17(18)19)16-10-4-2-9(14)3-5-10/h2-8,15-16H,1H3. The third-order valence-electron chi connectivity index (χ3n) is 2.55. The number of nitro benzene ring substituents is 1. The minimum atomic E-state index is -0.462. The molecule has 0 amide bonds. The van der Waals surface area contributed by atoms with Crippen molar-refractivity contribution < 1.29 is 9.31 Å². The molecule has 0 aliphatic rings. The summed E-state index contributed by atoms with van der Waals surface area (Å²) < 4.78 is 12.8. The van der Waals surface area contributed by atoms with Gasteiger partial charge < -0.3 is 10.6 Å². The highest BCUT2D eigenvalue weighted by molar-refractivity contribution is 5.68. The van der Waals surface area contributed by atoms with Gasteiger partial charge in [0.2, 0.25) is 0 Å². The van der Waals surface area contributed by atoms with E-state index in [9.17, 15) is 14.5 Å². The number of non-ortho nitro benzene ring substituents is 1. The number of nitro groups is 1. The summed E-state index contributed by atoms with van der Waals surface area (Å²) in [4.78, 5) is 10.4. The van der Waals surface area contributed by atoms with Crippen LogP contribution in [0.1, 0.15) is 0 Å². The SMILES string of the molecule is CNc1cc(Nc2ccc(F)cc2)cc([N+](=O)[O-])c1. The van der Waals surface area contributed by atoms with Gasteiger partial charge in [-0.25, -0.2) is 4.39 Å². The summed E-state index contributed by atoms with van der Waals surface area (Å²) in [5.41, 5.74) is 1.82. The Balaban J connectivity index is 2.31. The average Bonchev–Trinajstić information content (AvgIpc) is 2.41. The molecule has 0 aliphatic heterocycles. The smallest absolute Gasteiger partial charge is 0.273 e. The van der Waals surface area contributed by atoms with Crippen molar-refractivity contribution in [2.75, 3.05) is 17.7 Å². The lowest BCUT2D eigenvalue weighted by molar-refractivity contribution is -0.384. The molecule has 0 atom stereocenters. The van der Waals surface area contributed by atoms with Gasteiger partial charge in [0.05, 0.1) is 4.92 Å². The first-order chi connectivity index (χ1) is 9.08. The Morgan fingerprint density at radius 1 is 1.05 bits per heavy atom. The molecule has 0 unspecified atom stereocenters. The lowest BCUT2D eigenvalue weighted by atomic mass is 10.2. The van der Waals surface area contributed by atoms with Gasteiger partial charge in [-0.05, 0) is 30.3 Å². The van der Waals surface area contributed by atoms with E-state index < -0.39 is 4.92 Å². The maximum atomic E-state index is 12.8. The zero-order valence-corrected chi connectivity index (χ0v) is 10.2. The van der Waals surface area contributed by atoms with Gasteiger partial charge >= 0.3 is 0 Å². The molecule has 2 aromatic rings. The molecule has 98 valence electrons. The zero-order valence-electron chi connectivity index (χ0n) is 10.2. The molecule has 0 fully saturated rings. The van der Waals surface area contributed by atoms with Crippen LogP contribution in [0, 0.1) is 15.9 Å². The summed E-state index contributed by atoms with van der Waals surface area (Å²) in [6.45, 7) is 0. The molecule has 2 aromatic carbocycles. The zero-order chi connectivity index (χ0) is 13.8. The van der Waals surface area contributed by atoms with E-state index in [0.29, 0.717) is 17.1 Å². The van der Waals surface area contributed by atoms with Gasteiger partial charge in [-0.2, -0.15) is 0 Å². The highest BCUT2D eigenvalue weighted by Crippen LogP contribution is 2.26. The van der Waals surface area contributed by atoms with Crippen molar-refractivity contribution in [1.82, 2.24) is 0 Å². The molecule has 2 N–H and O–H groups in total. The van der Waals surface area contributed by atoms with Crippen molar-refractivity contribution in [3.8, 4) is 0 Å². The number of halogens is 1. The first-order valence-corrected chi connectivity index (χ1v) is 5.58. The second kappa shape index (κ2) is 5.34. The number of hydrogen-bond donors (Lipinski definition) is 2. The van der Waals surface area contributed by atoms with Crippen LogP contribution in [-0.4, -0.2) is 12.0 Å². The largest absolute Gasteiger partial charge is 0.388 e. The lowest BCUT2D eigenvalue weighted by Gasteiger charge is -2.08. The van der Waals surface area contributed by atoms with E-state index in [2.05, 4.69) is 10.6 Å². The number of nitrogens with zero attached hydrogens (tertiary/aromatic N) is 1. The van der Waals surface area contributed by atoms with Crippen LogP contribution in [0.3, 0.4) is 0 Å². The van der Waals surface area contributed by atoms with Crippen LogP contribution in [0.25, 0.3) is 0 Å². The van der Waals surface area contributed by atoms with Gasteiger partial charge in [-0.1, -0.05) is 0 Å². The molecule has 0 bridgehead atoms. The Kier molecular flexibility index (Phi) is 3.61. The van der Waals surface area contributed by atoms with Crippen LogP contribution < -0.4 is 10.6 Å². The minimum absolute atomic E-state index is 0.0172. The molecule has 0 saturated carbocycles. The highest BCUT2D eigenvalue weighted by atomic mass is 19.1. The number of rotatable bonds is 4. The second-order valence-corrected chi connectivity index (χ2v) is 3.91. The predicted molar refractivity (Wildman–Crippen MR) is 72.3 cm³/mol. The van der Waals surface area contributed by atoms with Crippen LogP contribution in [0.4, 0.5) is 27.1 Å². The van der Waals surface area contributed by atoms with E-state index >= 15 is 0 Å². The van der Waals surface area contributed by atoms with E-state index in [1.54, 1.807) is 25.2 Å². The molecular weight excluding hydrogens is 249 g/mol. The summed E-state index contributed by atoms with van der Waals surface area (Å²) in [6, 6.07) is 10.4. The molecule has 0 aliphatic carbocycles. The molecule has 0 aromatic heterocycles. The van der Waals surface area contributed by atoms with Crippen molar-refractivity contribution in [2.45, 2.75) is 0 Å². The minimum Gasteiger partial charge on any atom is -0.388 e. The molecule has 0 heterocycles. The predicted octanol–water partition coefficient (Wildman–Crippen LogP) is 3.52. The fraction of sp³-hybridized carbons (Fsp3) is 0.0769. The Bertz CT molecular complexity index is 599. The van der Waals surface area contributed by atoms with E-state index in [1.165, 1.54) is 24.3 Å². The molecule has 0 radical (unpaired) electrons. The van der Waals surface area contributed by atoms with Crippen molar-refractivity contribution in [2.24, 2.45) is 0 Å². The fourth-order valence-corrected chi connectivity index (χ4v) is 1.63. The highest BCUT2D eigenvalue weighted by Gasteiger charge is 2.09. The normalized spacial score (nSPS) is 10.0. The maximum absolute atomic E-state index is 12.8. The summed E-state index contributed by atoms with van der Waals surface area (Å²) in [6.07, 6.45) is 0. The lowest BCUT2D eigenvalue weighted by Crippen LogP contribution is -1.96. The molecule has 0 saturated heterocycles. The van der Waals surface area contributed by atoms with Crippen molar-refractivity contribution in [1.29, 1.82) is 0 Å². The van der Waals surface area contributed by atoms with E-state index in [0.717, 1.165) is 0 Å². The summed E-state index contributed by atoms with van der Waals surface area (Å²) >= 11 is 0. The number of benzene rings is 2. The van der Waals surface area contributed by atoms with Crippen LogP contribution in [0.2, 0.25) is 0 Å². The van der Waals surface area contributed by atoms with Gasteiger partial charge in [0, 0.05) is 36.2 Å². The Morgan fingerprint density at radius 3 is 2.26 bits per heavy atom. The van der Waals surface area contributed by atoms with Gasteiger partial charge in [0.15, 0.2) is 0 Å².